The van der Waals surface area contributed by atoms with E-state index >= 15 is 0 Å². The van der Waals surface area contributed by atoms with Gasteiger partial charge in [0.05, 0.1) is 15.6 Å². The Hall–Kier alpha value is -1.35. The smallest absolute Gasteiger partial charge is 0.342 e. The summed E-state index contributed by atoms with van der Waals surface area (Å²) in [5.74, 6) is -1.56. The van der Waals surface area contributed by atoms with Crippen molar-refractivity contribution in [2.24, 2.45) is 0 Å². The van der Waals surface area contributed by atoms with Gasteiger partial charge in [0.1, 0.15) is 5.54 Å². The molecule has 0 bridgehead atoms. The Bertz CT molecular complexity index is 794. The van der Waals surface area contributed by atoms with E-state index in [1.165, 1.54) is 19.2 Å². The number of halogens is 2. The van der Waals surface area contributed by atoms with Crippen molar-refractivity contribution in [2.45, 2.75) is 32.2 Å². The minimum Gasteiger partial charge on any atom is -0.439 e. The molecule has 0 aromatic heterocycles. The number of carbonyl (C=O) groups excluding carboxylic acids is 2. The van der Waals surface area contributed by atoms with Crippen molar-refractivity contribution >= 4 is 45.3 Å². The van der Waals surface area contributed by atoms with Gasteiger partial charge in [-0.25, -0.2) is 4.79 Å². The lowest BCUT2D eigenvalue weighted by atomic mass is 9.95. The first kappa shape index (κ1) is 20.0. The van der Waals surface area contributed by atoms with Gasteiger partial charge in [0.2, 0.25) is 0 Å². The maximum atomic E-state index is 12.6. The molecule has 1 atom stereocenters. The van der Waals surface area contributed by atoms with E-state index in [0.717, 1.165) is 4.31 Å². The minimum absolute atomic E-state index is 0.0704. The fourth-order valence-electron chi connectivity index (χ4n) is 2.67. The zero-order chi connectivity index (χ0) is 19.0. The van der Waals surface area contributed by atoms with E-state index in [2.05, 4.69) is 0 Å². The topological polar surface area (TPSA) is 84.0 Å². The summed E-state index contributed by atoms with van der Waals surface area (Å²) in [4.78, 5) is 24.8. The number of hydrogen-bond donors (Lipinski definition) is 0. The van der Waals surface area contributed by atoms with Crippen molar-refractivity contribution in [1.29, 1.82) is 0 Å². The van der Waals surface area contributed by atoms with E-state index in [4.69, 9.17) is 27.9 Å². The molecule has 0 N–H and O–H groups in total. The Kier molecular flexibility index (Phi) is 5.68. The monoisotopic (exact) mass is 408 g/mol. The van der Waals surface area contributed by atoms with Crippen LogP contribution in [0.25, 0.3) is 0 Å². The third-order valence-corrected chi connectivity index (χ3v) is 6.78. The molecule has 0 aliphatic carbocycles. The molecule has 0 saturated carbocycles. The largest absolute Gasteiger partial charge is 0.439 e. The van der Waals surface area contributed by atoms with E-state index < -0.39 is 34.4 Å². The molecule has 1 heterocycles. The van der Waals surface area contributed by atoms with Crippen LogP contribution in [0.1, 0.15) is 37.0 Å². The zero-order valence-electron chi connectivity index (χ0n) is 14.0. The summed E-state index contributed by atoms with van der Waals surface area (Å²) in [6.07, 6.45) is 0.966. The number of ether oxygens (including phenoxy) is 1. The van der Waals surface area contributed by atoms with Crippen molar-refractivity contribution in [3.8, 4) is 0 Å². The van der Waals surface area contributed by atoms with Gasteiger partial charge in [0.25, 0.3) is 5.91 Å². The number of rotatable bonds is 5. The van der Waals surface area contributed by atoms with Gasteiger partial charge in [-0.2, -0.15) is 17.0 Å². The van der Waals surface area contributed by atoms with Crippen LogP contribution in [0, 0.1) is 0 Å². The summed E-state index contributed by atoms with van der Waals surface area (Å²) in [7, 11) is -2.74. The molecule has 0 radical (unpaired) electrons. The summed E-state index contributed by atoms with van der Waals surface area (Å²) in [5, 5.41) is 0.141. The van der Waals surface area contributed by atoms with E-state index in [0.29, 0.717) is 17.1 Å². The predicted octanol–water partition coefficient (Wildman–Crippen LogP) is 2.69. The minimum atomic E-state index is -4.07. The number of amides is 1. The summed E-state index contributed by atoms with van der Waals surface area (Å²) in [6.45, 7) is 2.65. The summed E-state index contributed by atoms with van der Waals surface area (Å²) >= 11 is 11.8. The van der Waals surface area contributed by atoms with E-state index in [-0.39, 0.29) is 15.6 Å². The van der Waals surface area contributed by atoms with Crippen LogP contribution < -0.4 is 0 Å². The summed E-state index contributed by atoms with van der Waals surface area (Å²) < 4.78 is 31.5. The third-order valence-electron chi connectivity index (χ3n) is 4.22. The number of esters is 1. The normalized spacial score (nSPS) is 23.1. The SMILES string of the molecule is CCCC1(C)C(=O)N(COC(=O)c2c(Cl)cccc2Cl)S(=O)(=O)N1C. The molecule has 1 aromatic carbocycles. The molecule has 1 fully saturated rings. The molecule has 0 spiro atoms. The van der Waals surface area contributed by atoms with Crippen LogP contribution in [0.15, 0.2) is 18.2 Å². The molecule has 7 nitrogen and oxygen atoms in total. The van der Waals surface area contributed by atoms with Crippen LogP contribution in [-0.4, -0.2) is 48.2 Å². The standard InChI is InChI=1S/C15H18Cl2N2O5S/c1-4-8-15(2)14(21)19(25(22,23)18(15)3)9-24-13(20)12-10(16)6-5-7-11(12)17/h5-7H,4,8-9H2,1-3H3. The van der Waals surface area contributed by atoms with Crippen molar-refractivity contribution in [1.82, 2.24) is 8.61 Å². The highest BCUT2D eigenvalue weighted by molar-refractivity contribution is 7.87. The van der Waals surface area contributed by atoms with Crippen molar-refractivity contribution in [2.75, 3.05) is 13.8 Å². The van der Waals surface area contributed by atoms with Gasteiger partial charge in [0, 0.05) is 7.05 Å². The molecule has 1 aliphatic heterocycles. The Balaban J connectivity index is 2.23. The second-order valence-corrected chi connectivity index (χ2v) is 8.51. The van der Waals surface area contributed by atoms with Gasteiger partial charge in [-0.15, -0.1) is 0 Å². The van der Waals surface area contributed by atoms with Gasteiger partial charge in [-0.1, -0.05) is 42.6 Å². The van der Waals surface area contributed by atoms with Gasteiger partial charge < -0.3 is 4.74 Å². The predicted molar refractivity (Wildman–Crippen MR) is 93.6 cm³/mol. The van der Waals surface area contributed by atoms with Crippen LogP contribution in [0.5, 0.6) is 0 Å². The Morgan fingerprint density at radius 1 is 1.28 bits per heavy atom. The average molecular weight is 409 g/mol. The second-order valence-electron chi connectivity index (χ2n) is 5.81. The number of benzene rings is 1. The van der Waals surface area contributed by atoms with E-state index in [9.17, 15) is 18.0 Å². The molecule has 10 heteroatoms. The third kappa shape index (κ3) is 3.36. The van der Waals surface area contributed by atoms with Crippen LogP contribution in [0.3, 0.4) is 0 Å². The first-order valence-corrected chi connectivity index (χ1v) is 9.65. The lowest BCUT2D eigenvalue weighted by Crippen LogP contribution is -2.45. The molecule has 1 saturated heterocycles. The lowest BCUT2D eigenvalue weighted by molar-refractivity contribution is -0.134. The molecule has 1 aliphatic rings. The number of carbonyl (C=O) groups is 2. The van der Waals surface area contributed by atoms with E-state index in [1.54, 1.807) is 13.0 Å². The molecule has 1 unspecified atom stereocenters. The maximum absolute atomic E-state index is 12.6. The van der Waals surface area contributed by atoms with Crippen LogP contribution in [-0.2, 0) is 19.7 Å². The molecular weight excluding hydrogens is 391 g/mol. The van der Waals surface area contributed by atoms with Crippen molar-refractivity contribution in [3.05, 3.63) is 33.8 Å². The average Bonchev–Trinajstić information content (AvgIpc) is 2.64. The first-order chi connectivity index (χ1) is 11.6. The molecule has 1 aromatic rings. The van der Waals surface area contributed by atoms with Crippen molar-refractivity contribution < 1.29 is 22.7 Å². The first-order valence-electron chi connectivity index (χ1n) is 7.49. The number of likely N-dealkylation sites (N-methyl/N-ethyl adjacent to an activating group) is 1. The maximum Gasteiger partial charge on any atom is 0.342 e. The lowest BCUT2D eigenvalue weighted by Gasteiger charge is -2.25. The molecule has 2 rings (SSSR count). The van der Waals surface area contributed by atoms with Crippen molar-refractivity contribution in [3.63, 3.8) is 0 Å². The fourth-order valence-corrected chi connectivity index (χ4v) is 4.79. The molecule has 25 heavy (non-hydrogen) atoms. The highest BCUT2D eigenvalue weighted by Gasteiger charge is 2.56. The Morgan fingerprint density at radius 3 is 2.36 bits per heavy atom. The Labute approximate surface area is 156 Å². The molecule has 138 valence electrons. The van der Waals surface area contributed by atoms with E-state index in [1.807, 2.05) is 6.92 Å². The van der Waals surface area contributed by atoms with Gasteiger partial charge >= 0.3 is 16.2 Å². The van der Waals surface area contributed by atoms with Gasteiger partial charge in [-0.05, 0) is 25.5 Å². The quantitative estimate of drug-likeness (QED) is 0.699. The van der Waals surface area contributed by atoms with Gasteiger partial charge in [-0.3, -0.25) is 4.79 Å². The van der Waals surface area contributed by atoms with Gasteiger partial charge in [0.15, 0.2) is 6.73 Å². The van der Waals surface area contributed by atoms with Crippen LogP contribution in [0.2, 0.25) is 10.0 Å². The Morgan fingerprint density at radius 2 is 1.84 bits per heavy atom. The highest BCUT2D eigenvalue weighted by Crippen LogP contribution is 2.34. The van der Waals surface area contributed by atoms with Crippen LogP contribution in [0.4, 0.5) is 0 Å². The summed E-state index contributed by atoms with van der Waals surface area (Å²) in [6, 6.07) is 4.46. The second kappa shape index (κ2) is 7.11. The molecule has 1 amide bonds. The number of nitrogens with zero attached hydrogens (tertiary/aromatic N) is 2. The van der Waals surface area contributed by atoms with Crippen LogP contribution >= 0.6 is 23.2 Å². The summed E-state index contributed by atoms with van der Waals surface area (Å²) in [5.41, 5.74) is -1.29. The highest BCUT2D eigenvalue weighted by atomic mass is 35.5. The fraction of sp³-hybridized carbons (Fsp3) is 0.467. The zero-order valence-corrected chi connectivity index (χ0v) is 16.3. The number of hydrogen-bond acceptors (Lipinski definition) is 5. The molecular formula is C15H18Cl2N2O5S.